The summed E-state index contributed by atoms with van der Waals surface area (Å²) in [4.78, 5) is 15.4. The highest BCUT2D eigenvalue weighted by Gasteiger charge is 2.05. The third-order valence-electron chi connectivity index (χ3n) is 3.04. The van der Waals surface area contributed by atoms with Crippen LogP contribution in [0.15, 0.2) is 54.6 Å². The Morgan fingerprint density at radius 3 is 2.67 bits per heavy atom. The molecule has 0 saturated carbocycles. The Bertz CT molecular complexity index is 833. The van der Waals surface area contributed by atoms with Crippen LogP contribution >= 0.6 is 11.6 Å². The van der Waals surface area contributed by atoms with E-state index in [1.165, 1.54) is 0 Å². The number of carbonyl (C=O) groups is 1. The van der Waals surface area contributed by atoms with Gasteiger partial charge in [0, 0.05) is 16.1 Å². The molecule has 0 fully saturated rings. The lowest BCUT2D eigenvalue weighted by atomic mass is 10.1. The number of rotatable bonds is 3. The van der Waals surface area contributed by atoms with Crippen LogP contribution in [0, 0.1) is 0 Å². The van der Waals surface area contributed by atoms with Crippen LogP contribution < -0.4 is 5.32 Å². The van der Waals surface area contributed by atoms with E-state index in [9.17, 15) is 4.79 Å². The smallest absolute Gasteiger partial charge is 0.335 e. The number of aromatic carboxylic acids is 1. The molecule has 0 spiro atoms. The van der Waals surface area contributed by atoms with Crippen LogP contribution in [0.2, 0.25) is 5.02 Å². The van der Waals surface area contributed by atoms with Gasteiger partial charge >= 0.3 is 5.97 Å². The molecule has 0 unspecified atom stereocenters. The third kappa shape index (κ3) is 2.95. The van der Waals surface area contributed by atoms with Gasteiger partial charge in [-0.05, 0) is 42.5 Å². The molecule has 2 N–H and O–H groups in total. The summed E-state index contributed by atoms with van der Waals surface area (Å²) in [7, 11) is 0. The van der Waals surface area contributed by atoms with Gasteiger partial charge in [0.15, 0.2) is 0 Å². The Morgan fingerprint density at radius 1 is 1.10 bits per heavy atom. The monoisotopic (exact) mass is 298 g/mol. The van der Waals surface area contributed by atoms with Gasteiger partial charge in [-0.1, -0.05) is 23.7 Å². The highest BCUT2D eigenvalue weighted by atomic mass is 35.5. The summed E-state index contributed by atoms with van der Waals surface area (Å²) < 4.78 is 0. The van der Waals surface area contributed by atoms with Crippen LogP contribution in [0.4, 0.5) is 11.5 Å². The standard InChI is InChI=1S/C16H11ClN2O2/c17-12-2-1-3-13(9-12)18-15-7-6-10-4-5-11(16(20)21)8-14(10)19-15/h1-9H,(H,18,19)(H,20,21). The molecule has 0 aliphatic rings. The SMILES string of the molecule is O=C(O)c1ccc2ccc(Nc3cccc(Cl)c3)nc2c1. The van der Waals surface area contributed by atoms with Gasteiger partial charge in [0.25, 0.3) is 0 Å². The second kappa shape index (κ2) is 5.42. The number of hydrogen-bond donors (Lipinski definition) is 2. The predicted molar refractivity (Wildman–Crippen MR) is 83.4 cm³/mol. The molecule has 3 aromatic rings. The van der Waals surface area contributed by atoms with Gasteiger partial charge in [-0.2, -0.15) is 0 Å². The number of carboxylic acids is 1. The second-order valence-corrected chi connectivity index (χ2v) is 4.98. The lowest BCUT2D eigenvalue weighted by Gasteiger charge is -2.07. The average Bonchev–Trinajstić information content (AvgIpc) is 2.46. The quantitative estimate of drug-likeness (QED) is 0.755. The molecule has 0 aliphatic heterocycles. The van der Waals surface area contributed by atoms with Crippen molar-refractivity contribution < 1.29 is 9.90 Å². The molecule has 21 heavy (non-hydrogen) atoms. The predicted octanol–water partition coefficient (Wildman–Crippen LogP) is 4.33. The highest BCUT2D eigenvalue weighted by Crippen LogP contribution is 2.22. The van der Waals surface area contributed by atoms with E-state index in [1.54, 1.807) is 30.3 Å². The normalized spacial score (nSPS) is 10.5. The first-order valence-corrected chi connectivity index (χ1v) is 6.66. The number of anilines is 2. The van der Waals surface area contributed by atoms with Gasteiger partial charge in [0.05, 0.1) is 11.1 Å². The Hall–Kier alpha value is -2.59. The van der Waals surface area contributed by atoms with E-state index in [1.807, 2.05) is 24.3 Å². The first-order valence-electron chi connectivity index (χ1n) is 6.28. The van der Waals surface area contributed by atoms with E-state index in [2.05, 4.69) is 10.3 Å². The zero-order chi connectivity index (χ0) is 14.8. The van der Waals surface area contributed by atoms with Gasteiger partial charge in [0.2, 0.25) is 0 Å². The average molecular weight is 299 g/mol. The van der Waals surface area contributed by atoms with Crippen molar-refractivity contribution in [3.63, 3.8) is 0 Å². The molecule has 104 valence electrons. The lowest BCUT2D eigenvalue weighted by molar-refractivity contribution is 0.0697. The summed E-state index contributed by atoms with van der Waals surface area (Å²) in [6, 6.07) is 15.9. The van der Waals surface area contributed by atoms with E-state index in [-0.39, 0.29) is 5.56 Å². The third-order valence-corrected chi connectivity index (χ3v) is 3.27. The maximum absolute atomic E-state index is 11.0. The second-order valence-electron chi connectivity index (χ2n) is 4.54. The summed E-state index contributed by atoms with van der Waals surface area (Å²) in [6.07, 6.45) is 0. The van der Waals surface area contributed by atoms with Crippen molar-refractivity contribution >= 4 is 40.0 Å². The van der Waals surface area contributed by atoms with Crippen molar-refractivity contribution in [3.8, 4) is 0 Å². The van der Waals surface area contributed by atoms with Crippen molar-refractivity contribution in [2.24, 2.45) is 0 Å². The van der Waals surface area contributed by atoms with Crippen LogP contribution in [0.3, 0.4) is 0 Å². The Morgan fingerprint density at radius 2 is 1.90 bits per heavy atom. The van der Waals surface area contributed by atoms with Crippen molar-refractivity contribution in [2.45, 2.75) is 0 Å². The fourth-order valence-electron chi connectivity index (χ4n) is 2.03. The topological polar surface area (TPSA) is 62.2 Å². The molecule has 5 heteroatoms. The number of halogens is 1. The largest absolute Gasteiger partial charge is 0.478 e. The summed E-state index contributed by atoms with van der Waals surface area (Å²) in [5, 5.41) is 13.7. The summed E-state index contributed by atoms with van der Waals surface area (Å²) in [5.74, 6) is -0.334. The number of nitrogens with zero attached hydrogens (tertiary/aromatic N) is 1. The summed E-state index contributed by atoms with van der Waals surface area (Å²) >= 11 is 5.94. The molecule has 0 atom stereocenters. The summed E-state index contributed by atoms with van der Waals surface area (Å²) in [6.45, 7) is 0. The van der Waals surface area contributed by atoms with Gasteiger partial charge in [-0.25, -0.2) is 9.78 Å². The van der Waals surface area contributed by atoms with E-state index >= 15 is 0 Å². The first-order chi connectivity index (χ1) is 10.1. The van der Waals surface area contributed by atoms with E-state index < -0.39 is 5.97 Å². The first kappa shape index (κ1) is 13.4. The Kier molecular flexibility index (Phi) is 3.46. The van der Waals surface area contributed by atoms with Crippen LogP contribution in [-0.4, -0.2) is 16.1 Å². The number of pyridine rings is 1. The molecule has 1 heterocycles. The molecule has 3 rings (SSSR count). The number of nitrogens with one attached hydrogen (secondary N) is 1. The van der Waals surface area contributed by atoms with Gasteiger partial charge < -0.3 is 10.4 Å². The van der Waals surface area contributed by atoms with Gasteiger partial charge in [-0.15, -0.1) is 0 Å². The van der Waals surface area contributed by atoms with Gasteiger partial charge in [-0.3, -0.25) is 0 Å². The zero-order valence-corrected chi connectivity index (χ0v) is 11.6. The molecular formula is C16H11ClN2O2. The Balaban J connectivity index is 1.98. The fraction of sp³-hybridized carbons (Fsp3) is 0. The molecular weight excluding hydrogens is 288 g/mol. The van der Waals surface area contributed by atoms with Crippen molar-refractivity contribution in [1.82, 2.24) is 4.98 Å². The minimum Gasteiger partial charge on any atom is -0.478 e. The number of hydrogen-bond acceptors (Lipinski definition) is 3. The van der Waals surface area contributed by atoms with Gasteiger partial charge in [0.1, 0.15) is 5.82 Å². The highest BCUT2D eigenvalue weighted by molar-refractivity contribution is 6.30. The zero-order valence-electron chi connectivity index (χ0n) is 10.9. The van der Waals surface area contributed by atoms with E-state index in [4.69, 9.17) is 16.7 Å². The number of fused-ring (bicyclic) bond motifs is 1. The van der Waals surface area contributed by atoms with Crippen molar-refractivity contribution in [3.05, 3.63) is 65.2 Å². The molecule has 0 amide bonds. The Labute approximate surface area is 126 Å². The maximum atomic E-state index is 11.0. The maximum Gasteiger partial charge on any atom is 0.335 e. The number of benzene rings is 2. The van der Waals surface area contributed by atoms with E-state index in [0.29, 0.717) is 16.4 Å². The molecule has 0 saturated heterocycles. The molecule has 0 bridgehead atoms. The molecule has 0 radical (unpaired) electrons. The number of aromatic nitrogens is 1. The minimum atomic E-state index is -0.966. The van der Waals surface area contributed by atoms with E-state index in [0.717, 1.165) is 11.1 Å². The fourth-order valence-corrected chi connectivity index (χ4v) is 2.22. The lowest BCUT2D eigenvalue weighted by Crippen LogP contribution is -1.97. The van der Waals surface area contributed by atoms with Crippen molar-refractivity contribution in [2.75, 3.05) is 5.32 Å². The van der Waals surface area contributed by atoms with Crippen LogP contribution in [-0.2, 0) is 0 Å². The van der Waals surface area contributed by atoms with Crippen LogP contribution in [0.25, 0.3) is 10.9 Å². The van der Waals surface area contributed by atoms with Crippen LogP contribution in [0.5, 0.6) is 0 Å². The molecule has 2 aromatic carbocycles. The molecule has 0 aliphatic carbocycles. The molecule has 1 aromatic heterocycles. The number of carboxylic acid groups (broad SMARTS) is 1. The summed E-state index contributed by atoms with van der Waals surface area (Å²) in [5.41, 5.74) is 1.67. The molecule has 4 nitrogen and oxygen atoms in total. The van der Waals surface area contributed by atoms with Crippen LogP contribution in [0.1, 0.15) is 10.4 Å². The minimum absolute atomic E-state index is 0.218. The van der Waals surface area contributed by atoms with Crippen molar-refractivity contribution in [1.29, 1.82) is 0 Å².